The van der Waals surface area contributed by atoms with Crippen LogP contribution in [-0.4, -0.2) is 16.1 Å². The number of aromatic carboxylic acids is 1. The van der Waals surface area contributed by atoms with Crippen LogP contribution in [0.4, 0.5) is 0 Å². The van der Waals surface area contributed by atoms with Gasteiger partial charge in [-0.25, -0.2) is 4.79 Å². The molecule has 1 aromatic rings. The zero-order valence-corrected chi connectivity index (χ0v) is 8.92. The van der Waals surface area contributed by atoms with E-state index in [9.17, 15) is 4.79 Å². The molecule has 0 radical (unpaired) electrons. The van der Waals surface area contributed by atoms with Crippen LogP contribution in [-0.2, 0) is 19.3 Å². The van der Waals surface area contributed by atoms with Crippen LogP contribution in [0.3, 0.4) is 0 Å². The number of pyridine rings is 1. The number of rotatable bonds is 2. The molecule has 1 aromatic heterocycles. The summed E-state index contributed by atoms with van der Waals surface area (Å²) in [5.41, 5.74) is 3.69. The Kier molecular flexibility index (Phi) is 2.71. The first-order chi connectivity index (χ1) is 7.24. The molecule has 0 fully saturated rings. The molecule has 0 aliphatic heterocycles. The Morgan fingerprint density at radius 3 is 2.87 bits per heavy atom. The zero-order chi connectivity index (χ0) is 10.8. The summed E-state index contributed by atoms with van der Waals surface area (Å²) in [5, 5.41) is 9.06. The SMILES string of the molecule is CCc1c(C(=O)O)cnc2c1CCCC2. The van der Waals surface area contributed by atoms with E-state index in [0.717, 1.165) is 36.9 Å². The van der Waals surface area contributed by atoms with Crippen LogP contribution < -0.4 is 0 Å². The third-order valence-electron chi connectivity index (χ3n) is 3.06. The van der Waals surface area contributed by atoms with Gasteiger partial charge in [-0.2, -0.15) is 0 Å². The summed E-state index contributed by atoms with van der Waals surface area (Å²) in [7, 11) is 0. The summed E-state index contributed by atoms with van der Waals surface area (Å²) < 4.78 is 0. The van der Waals surface area contributed by atoms with Gasteiger partial charge in [0.2, 0.25) is 0 Å². The molecule has 0 saturated heterocycles. The van der Waals surface area contributed by atoms with Crippen LogP contribution in [0, 0.1) is 0 Å². The Balaban J connectivity index is 2.56. The minimum atomic E-state index is -0.854. The summed E-state index contributed by atoms with van der Waals surface area (Å²) in [4.78, 5) is 15.3. The lowest BCUT2D eigenvalue weighted by molar-refractivity contribution is 0.0695. The molecule has 1 N–H and O–H groups in total. The highest BCUT2D eigenvalue weighted by Crippen LogP contribution is 2.25. The molecule has 1 aliphatic carbocycles. The highest BCUT2D eigenvalue weighted by Gasteiger charge is 2.19. The maximum Gasteiger partial charge on any atom is 0.337 e. The number of carboxylic acid groups (broad SMARTS) is 1. The van der Waals surface area contributed by atoms with E-state index in [1.165, 1.54) is 18.2 Å². The fraction of sp³-hybridized carbons (Fsp3) is 0.500. The Labute approximate surface area is 89.2 Å². The normalized spacial score (nSPS) is 14.7. The molecule has 3 nitrogen and oxygen atoms in total. The molecular formula is C12H15NO2. The van der Waals surface area contributed by atoms with Gasteiger partial charge in [-0.05, 0) is 43.2 Å². The number of carboxylic acids is 1. The van der Waals surface area contributed by atoms with Gasteiger partial charge in [0, 0.05) is 11.9 Å². The van der Waals surface area contributed by atoms with Crippen molar-refractivity contribution in [2.75, 3.05) is 0 Å². The zero-order valence-electron chi connectivity index (χ0n) is 8.92. The highest BCUT2D eigenvalue weighted by atomic mass is 16.4. The highest BCUT2D eigenvalue weighted by molar-refractivity contribution is 5.89. The molecule has 0 atom stereocenters. The molecule has 1 heterocycles. The molecule has 2 rings (SSSR count). The Bertz CT molecular complexity index is 399. The van der Waals surface area contributed by atoms with Gasteiger partial charge in [0.25, 0.3) is 0 Å². The molecule has 3 heteroatoms. The molecule has 0 aromatic carbocycles. The van der Waals surface area contributed by atoms with E-state index < -0.39 is 5.97 Å². The van der Waals surface area contributed by atoms with Crippen LogP contribution in [0.2, 0.25) is 0 Å². The van der Waals surface area contributed by atoms with E-state index in [4.69, 9.17) is 5.11 Å². The van der Waals surface area contributed by atoms with Gasteiger partial charge in [0.1, 0.15) is 0 Å². The van der Waals surface area contributed by atoms with Crippen molar-refractivity contribution in [1.82, 2.24) is 4.98 Å². The van der Waals surface area contributed by atoms with Gasteiger partial charge in [-0.3, -0.25) is 4.98 Å². The Morgan fingerprint density at radius 2 is 2.20 bits per heavy atom. The minimum absolute atomic E-state index is 0.387. The second-order valence-electron chi connectivity index (χ2n) is 3.94. The topological polar surface area (TPSA) is 50.2 Å². The molecule has 1 aliphatic rings. The fourth-order valence-corrected chi connectivity index (χ4v) is 2.33. The van der Waals surface area contributed by atoms with Gasteiger partial charge in [-0.1, -0.05) is 6.92 Å². The van der Waals surface area contributed by atoms with Crippen molar-refractivity contribution in [3.05, 3.63) is 28.6 Å². The standard InChI is InChI=1S/C12H15NO2/c1-2-8-9-5-3-4-6-11(9)13-7-10(8)12(14)15/h7H,2-6H2,1H3,(H,14,15). The number of aryl methyl sites for hydroxylation is 1. The van der Waals surface area contributed by atoms with Crippen molar-refractivity contribution in [2.24, 2.45) is 0 Å². The molecule has 15 heavy (non-hydrogen) atoms. The predicted octanol–water partition coefficient (Wildman–Crippen LogP) is 2.22. The summed E-state index contributed by atoms with van der Waals surface area (Å²) in [5.74, 6) is -0.854. The lowest BCUT2D eigenvalue weighted by Crippen LogP contribution is -2.13. The second kappa shape index (κ2) is 4.01. The van der Waals surface area contributed by atoms with E-state index in [1.807, 2.05) is 6.92 Å². The number of nitrogens with zero attached hydrogens (tertiary/aromatic N) is 1. The molecular weight excluding hydrogens is 190 g/mol. The van der Waals surface area contributed by atoms with Crippen molar-refractivity contribution < 1.29 is 9.90 Å². The van der Waals surface area contributed by atoms with Gasteiger partial charge in [0.15, 0.2) is 0 Å². The third kappa shape index (κ3) is 1.74. The molecule has 0 unspecified atom stereocenters. The Hall–Kier alpha value is -1.38. The summed E-state index contributed by atoms with van der Waals surface area (Å²) >= 11 is 0. The number of aromatic nitrogens is 1. The predicted molar refractivity (Wildman–Crippen MR) is 57.2 cm³/mol. The summed E-state index contributed by atoms with van der Waals surface area (Å²) in [6, 6.07) is 0. The van der Waals surface area contributed by atoms with Crippen molar-refractivity contribution in [3.63, 3.8) is 0 Å². The monoisotopic (exact) mass is 205 g/mol. The number of fused-ring (bicyclic) bond motifs is 1. The van der Waals surface area contributed by atoms with Gasteiger partial charge < -0.3 is 5.11 Å². The van der Waals surface area contributed by atoms with Crippen LogP contribution in [0.15, 0.2) is 6.20 Å². The third-order valence-corrected chi connectivity index (χ3v) is 3.06. The van der Waals surface area contributed by atoms with E-state index in [-0.39, 0.29) is 0 Å². The molecule has 0 amide bonds. The van der Waals surface area contributed by atoms with Crippen LogP contribution in [0.25, 0.3) is 0 Å². The summed E-state index contributed by atoms with van der Waals surface area (Å²) in [6.45, 7) is 2.01. The van der Waals surface area contributed by atoms with E-state index >= 15 is 0 Å². The van der Waals surface area contributed by atoms with Crippen molar-refractivity contribution in [3.8, 4) is 0 Å². The van der Waals surface area contributed by atoms with Gasteiger partial charge >= 0.3 is 5.97 Å². The maximum absolute atomic E-state index is 11.0. The van der Waals surface area contributed by atoms with Crippen LogP contribution >= 0.6 is 0 Å². The van der Waals surface area contributed by atoms with Crippen molar-refractivity contribution >= 4 is 5.97 Å². The first-order valence-electron chi connectivity index (χ1n) is 5.47. The smallest absolute Gasteiger partial charge is 0.337 e. The second-order valence-corrected chi connectivity index (χ2v) is 3.94. The Morgan fingerprint density at radius 1 is 1.47 bits per heavy atom. The number of hydrogen-bond donors (Lipinski definition) is 1. The molecule has 0 saturated carbocycles. The van der Waals surface area contributed by atoms with E-state index in [0.29, 0.717) is 5.56 Å². The largest absolute Gasteiger partial charge is 0.478 e. The maximum atomic E-state index is 11.0. The lowest BCUT2D eigenvalue weighted by atomic mass is 9.89. The number of carbonyl (C=O) groups is 1. The number of hydrogen-bond acceptors (Lipinski definition) is 2. The average Bonchev–Trinajstić information content (AvgIpc) is 2.27. The summed E-state index contributed by atoms with van der Waals surface area (Å²) in [6.07, 6.45) is 6.63. The molecule has 0 spiro atoms. The van der Waals surface area contributed by atoms with Crippen LogP contribution in [0.5, 0.6) is 0 Å². The minimum Gasteiger partial charge on any atom is -0.478 e. The van der Waals surface area contributed by atoms with Crippen molar-refractivity contribution in [1.29, 1.82) is 0 Å². The van der Waals surface area contributed by atoms with Gasteiger partial charge in [-0.15, -0.1) is 0 Å². The first kappa shape index (κ1) is 10.1. The quantitative estimate of drug-likeness (QED) is 0.805. The fourth-order valence-electron chi connectivity index (χ4n) is 2.33. The van der Waals surface area contributed by atoms with Crippen molar-refractivity contribution in [2.45, 2.75) is 39.0 Å². The molecule has 80 valence electrons. The van der Waals surface area contributed by atoms with Crippen LogP contribution in [0.1, 0.15) is 46.9 Å². The van der Waals surface area contributed by atoms with E-state index in [2.05, 4.69) is 4.98 Å². The molecule has 0 bridgehead atoms. The lowest BCUT2D eigenvalue weighted by Gasteiger charge is -2.19. The first-order valence-corrected chi connectivity index (χ1v) is 5.47. The average molecular weight is 205 g/mol. The van der Waals surface area contributed by atoms with Gasteiger partial charge in [0.05, 0.1) is 5.56 Å². The van der Waals surface area contributed by atoms with E-state index in [1.54, 1.807) is 0 Å².